The lowest BCUT2D eigenvalue weighted by atomic mass is 10.1. The van der Waals surface area contributed by atoms with E-state index in [-0.39, 0.29) is 0 Å². The first-order valence-corrected chi connectivity index (χ1v) is 9.91. The molecule has 0 spiro atoms. The van der Waals surface area contributed by atoms with Crippen LogP contribution in [0, 0.1) is 5.92 Å². The van der Waals surface area contributed by atoms with Crippen molar-refractivity contribution in [3.63, 3.8) is 0 Å². The summed E-state index contributed by atoms with van der Waals surface area (Å²) in [5.74, 6) is 1.66. The molecule has 134 valence electrons. The molecule has 2 unspecified atom stereocenters. The van der Waals surface area contributed by atoms with Crippen LogP contribution in [-0.4, -0.2) is 69.2 Å². The van der Waals surface area contributed by atoms with Crippen LogP contribution < -0.4 is 5.32 Å². The summed E-state index contributed by atoms with van der Waals surface area (Å²) in [4.78, 5) is 11.0. The molecule has 2 aliphatic heterocycles. The van der Waals surface area contributed by atoms with E-state index in [9.17, 15) is 0 Å². The quantitative estimate of drug-likeness (QED) is 0.632. The molecule has 1 aromatic heterocycles. The Labute approximate surface area is 149 Å². The standard InChI is InChI=1S/C18H30N4OS/c1-19-18(22-10-7-15(13-22)14-23-2)20-12-16(17-6-5-11-24-17)21-8-3-4-9-21/h5-6,11,15-16H,3-4,7-10,12-14H2,1-2H3,(H,19,20). The molecule has 24 heavy (non-hydrogen) atoms. The lowest BCUT2D eigenvalue weighted by molar-refractivity contribution is 0.157. The fourth-order valence-corrected chi connectivity index (χ4v) is 4.72. The predicted octanol–water partition coefficient (Wildman–Crippen LogP) is 2.43. The molecule has 5 nitrogen and oxygen atoms in total. The van der Waals surface area contributed by atoms with Gasteiger partial charge in [-0.1, -0.05) is 6.07 Å². The average Bonchev–Trinajstić information content (AvgIpc) is 3.34. The molecule has 2 fully saturated rings. The second-order valence-corrected chi connectivity index (χ2v) is 7.74. The highest BCUT2D eigenvalue weighted by Crippen LogP contribution is 2.28. The highest BCUT2D eigenvalue weighted by molar-refractivity contribution is 7.10. The van der Waals surface area contributed by atoms with Crippen molar-refractivity contribution >= 4 is 17.3 Å². The Balaban J connectivity index is 1.59. The van der Waals surface area contributed by atoms with Gasteiger partial charge in [0, 0.05) is 44.6 Å². The normalized spacial score (nSPS) is 23.8. The van der Waals surface area contributed by atoms with Gasteiger partial charge in [0.2, 0.25) is 0 Å². The van der Waals surface area contributed by atoms with Gasteiger partial charge in [-0.2, -0.15) is 0 Å². The summed E-state index contributed by atoms with van der Waals surface area (Å²) in [6.45, 7) is 6.31. The number of hydrogen-bond donors (Lipinski definition) is 1. The Hall–Kier alpha value is -1.11. The molecule has 1 N–H and O–H groups in total. The summed E-state index contributed by atoms with van der Waals surface area (Å²) in [5.41, 5.74) is 0. The second-order valence-electron chi connectivity index (χ2n) is 6.76. The zero-order chi connectivity index (χ0) is 16.8. The van der Waals surface area contributed by atoms with E-state index in [1.54, 1.807) is 7.11 Å². The van der Waals surface area contributed by atoms with Crippen molar-refractivity contribution in [2.24, 2.45) is 10.9 Å². The van der Waals surface area contributed by atoms with E-state index in [0.717, 1.165) is 32.2 Å². The third-order valence-electron chi connectivity index (χ3n) is 5.11. The first-order valence-electron chi connectivity index (χ1n) is 9.03. The molecule has 0 aromatic carbocycles. The van der Waals surface area contributed by atoms with Gasteiger partial charge < -0.3 is 15.0 Å². The van der Waals surface area contributed by atoms with Crippen molar-refractivity contribution in [3.05, 3.63) is 22.4 Å². The molecule has 1 aromatic rings. The van der Waals surface area contributed by atoms with E-state index in [0.29, 0.717) is 12.0 Å². The Morgan fingerprint density at radius 1 is 1.42 bits per heavy atom. The van der Waals surface area contributed by atoms with Crippen molar-refractivity contribution in [2.45, 2.75) is 25.3 Å². The minimum Gasteiger partial charge on any atom is -0.384 e. The third-order valence-corrected chi connectivity index (χ3v) is 6.08. The van der Waals surface area contributed by atoms with Gasteiger partial charge in [-0.15, -0.1) is 11.3 Å². The SMILES string of the molecule is CN=C(NCC(c1cccs1)N1CCCC1)N1CCC(COC)C1. The number of methoxy groups -OCH3 is 1. The molecule has 0 aliphatic carbocycles. The maximum Gasteiger partial charge on any atom is 0.193 e. The van der Waals surface area contributed by atoms with Crippen molar-refractivity contribution in [1.82, 2.24) is 15.1 Å². The molecule has 2 aliphatic rings. The maximum absolute atomic E-state index is 5.31. The summed E-state index contributed by atoms with van der Waals surface area (Å²) in [6, 6.07) is 4.89. The smallest absolute Gasteiger partial charge is 0.193 e. The Bertz CT molecular complexity index is 513. The molecule has 3 rings (SSSR count). The number of ether oxygens (including phenoxy) is 1. The predicted molar refractivity (Wildman–Crippen MR) is 101 cm³/mol. The molecule has 2 atom stereocenters. The fraction of sp³-hybridized carbons (Fsp3) is 0.722. The maximum atomic E-state index is 5.31. The Kier molecular flexibility index (Phi) is 6.51. The summed E-state index contributed by atoms with van der Waals surface area (Å²) in [5, 5.41) is 5.82. The van der Waals surface area contributed by atoms with Gasteiger partial charge in [-0.25, -0.2) is 0 Å². The van der Waals surface area contributed by atoms with Crippen LogP contribution in [0.25, 0.3) is 0 Å². The van der Waals surface area contributed by atoms with Crippen LogP contribution in [0.4, 0.5) is 0 Å². The van der Waals surface area contributed by atoms with E-state index < -0.39 is 0 Å². The second kappa shape index (κ2) is 8.83. The minimum atomic E-state index is 0.460. The largest absolute Gasteiger partial charge is 0.384 e. The van der Waals surface area contributed by atoms with Gasteiger partial charge in [0.1, 0.15) is 0 Å². The van der Waals surface area contributed by atoms with Crippen LogP contribution in [0.2, 0.25) is 0 Å². The molecule has 6 heteroatoms. The van der Waals surface area contributed by atoms with Crippen molar-refractivity contribution in [1.29, 1.82) is 0 Å². The number of thiophene rings is 1. The minimum absolute atomic E-state index is 0.460. The number of likely N-dealkylation sites (tertiary alicyclic amines) is 2. The molecule has 0 bridgehead atoms. The number of guanidine groups is 1. The summed E-state index contributed by atoms with van der Waals surface area (Å²) < 4.78 is 5.31. The van der Waals surface area contributed by atoms with Crippen LogP contribution >= 0.6 is 11.3 Å². The number of rotatable bonds is 6. The van der Waals surface area contributed by atoms with E-state index >= 15 is 0 Å². The van der Waals surface area contributed by atoms with Crippen molar-refractivity contribution in [3.8, 4) is 0 Å². The third kappa shape index (κ3) is 4.29. The lowest BCUT2D eigenvalue weighted by Crippen LogP contribution is -2.44. The van der Waals surface area contributed by atoms with E-state index in [4.69, 9.17) is 4.74 Å². The zero-order valence-electron chi connectivity index (χ0n) is 14.9. The van der Waals surface area contributed by atoms with Gasteiger partial charge in [0.05, 0.1) is 12.6 Å². The van der Waals surface area contributed by atoms with Gasteiger partial charge in [-0.05, 0) is 43.8 Å². The van der Waals surface area contributed by atoms with Crippen LogP contribution in [0.15, 0.2) is 22.5 Å². The number of aliphatic imine (C=N–C) groups is 1. The number of nitrogens with zero attached hydrogens (tertiary/aromatic N) is 3. The van der Waals surface area contributed by atoms with Gasteiger partial charge in [0.25, 0.3) is 0 Å². The summed E-state index contributed by atoms with van der Waals surface area (Å²) >= 11 is 1.86. The number of nitrogens with one attached hydrogen (secondary N) is 1. The summed E-state index contributed by atoms with van der Waals surface area (Å²) in [7, 11) is 3.68. The highest BCUT2D eigenvalue weighted by atomic mass is 32.1. The van der Waals surface area contributed by atoms with Crippen LogP contribution in [-0.2, 0) is 4.74 Å². The first-order chi connectivity index (χ1) is 11.8. The molecule has 3 heterocycles. The first kappa shape index (κ1) is 17.7. The lowest BCUT2D eigenvalue weighted by Gasteiger charge is -2.29. The van der Waals surface area contributed by atoms with E-state index in [2.05, 4.69) is 37.6 Å². The van der Waals surface area contributed by atoms with E-state index in [1.807, 2.05) is 18.4 Å². The average molecular weight is 351 g/mol. The van der Waals surface area contributed by atoms with Gasteiger partial charge in [0.15, 0.2) is 5.96 Å². The van der Waals surface area contributed by atoms with Gasteiger partial charge >= 0.3 is 0 Å². The monoisotopic (exact) mass is 350 g/mol. The highest BCUT2D eigenvalue weighted by Gasteiger charge is 2.27. The Morgan fingerprint density at radius 3 is 2.92 bits per heavy atom. The van der Waals surface area contributed by atoms with Crippen LogP contribution in [0.1, 0.15) is 30.2 Å². The topological polar surface area (TPSA) is 40.1 Å². The van der Waals surface area contributed by atoms with E-state index in [1.165, 1.54) is 37.2 Å². The molecular weight excluding hydrogens is 320 g/mol. The zero-order valence-corrected chi connectivity index (χ0v) is 15.7. The molecule has 0 radical (unpaired) electrons. The molecular formula is C18H30N4OS. The van der Waals surface area contributed by atoms with Crippen LogP contribution in [0.5, 0.6) is 0 Å². The molecule has 0 saturated carbocycles. The molecule has 2 saturated heterocycles. The fourth-order valence-electron chi connectivity index (χ4n) is 3.86. The van der Waals surface area contributed by atoms with Crippen molar-refractivity contribution < 1.29 is 4.74 Å². The van der Waals surface area contributed by atoms with Crippen molar-refractivity contribution in [2.75, 3.05) is 53.5 Å². The summed E-state index contributed by atoms with van der Waals surface area (Å²) in [6.07, 6.45) is 3.83. The number of hydrogen-bond acceptors (Lipinski definition) is 4. The Morgan fingerprint density at radius 2 is 2.25 bits per heavy atom. The molecule has 0 amide bonds. The van der Waals surface area contributed by atoms with Gasteiger partial charge in [-0.3, -0.25) is 9.89 Å². The van der Waals surface area contributed by atoms with Crippen LogP contribution in [0.3, 0.4) is 0 Å².